The average molecular weight is 204 g/mol. The topological polar surface area (TPSA) is 49.4 Å². The van der Waals surface area contributed by atoms with Gasteiger partial charge < -0.3 is 10.2 Å². The van der Waals surface area contributed by atoms with Crippen LogP contribution >= 0.6 is 0 Å². The number of carbonyl (C=O) groups excluding carboxylic acids is 1. The highest BCUT2D eigenvalue weighted by Gasteiger charge is 2.18. The highest BCUT2D eigenvalue weighted by Crippen LogP contribution is 1.99. The maximum absolute atomic E-state index is 11.4. The van der Waals surface area contributed by atoms with Crippen LogP contribution in [-0.2, 0) is 10.8 Å². The van der Waals surface area contributed by atoms with E-state index < -0.39 is 10.8 Å². The molecule has 1 fully saturated rings. The summed E-state index contributed by atoms with van der Waals surface area (Å²) in [6.45, 7) is 3.99. The molecule has 0 aliphatic carbocycles. The lowest BCUT2D eigenvalue weighted by Crippen LogP contribution is -2.47. The van der Waals surface area contributed by atoms with Gasteiger partial charge in [-0.3, -0.25) is 4.21 Å². The van der Waals surface area contributed by atoms with Crippen molar-refractivity contribution in [3.05, 3.63) is 0 Å². The molecule has 0 spiro atoms. The number of hydrogen-bond acceptors (Lipinski definition) is 2. The molecule has 0 aromatic carbocycles. The lowest BCUT2D eigenvalue weighted by atomic mass is 10.5. The van der Waals surface area contributed by atoms with E-state index in [2.05, 4.69) is 5.32 Å². The summed E-state index contributed by atoms with van der Waals surface area (Å²) >= 11 is 0. The van der Waals surface area contributed by atoms with Crippen molar-refractivity contribution in [1.82, 2.24) is 10.2 Å². The number of carbonyl (C=O) groups is 1. The maximum atomic E-state index is 11.4. The van der Waals surface area contributed by atoms with Gasteiger partial charge in [0.1, 0.15) is 0 Å². The summed E-state index contributed by atoms with van der Waals surface area (Å²) in [7, 11) is -0.705. The van der Waals surface area contributed by atoms with E-state index in [0.29, 0.717) is 24.6 Å². The summed E-state index contributed by atoms with van der Waals surface area (Å²) in [5.74, 6) is 1.25. The Morgan fingerprint density at radius 3 is 2.62 bits per heavy atom. The van der Waals surface area contributed by atoms with Crippen molar-refractivity contribution in [1.29, 1.82) is 0 Å². The van der Waals surface area contributed by atoms with E-state index in [9.17, 15) is 9.00 Å². The standard InChI is InChI=1S/C8H16N2O2S/c1-2-3-9-8(11)10-4-6-13(12)7-5-10/h2-7H2,1H3,(H,9,11). The molecule has 0 saturated carbocycles. The monoisotopic (exact) mass is 204 g/mol. The zero-order valence-corrected chi connectivity index (χ0v) is 8.73. The van der Waals surface area contributed by atoms with Crippen molar-refractivity contribution in [3.8, 4) is 0 Å². The van der Waals surface area contributed by atoms with Crippen LogP contribution in [0, 0.1) is 0 Å². The first-order valence-electron chi connectivity index (χ1n) is 4.61. The molecule has 0 aromatic heterocycles. The van der Waals surface area contributed by atoms with Gasteiger partial charge in [-0.2, -0.15) is 0 Å². The smallest absolute Gasteiger partial charge is 0.317 e. The van der Waals surface area contributed by atoms with Gasteiger partial charge in [-0.25, -0.2) is 4.79 Å². The van der Waals surface area contributed by atoms with E-state index in [0.717, 1.165) is 13.0 Å². The van der Waals surface area contributed by atoms with Crippen LogP contribution < -0.4 is 5.32 Å². The summed E-state index contributed by atoms with van der Waals surface area (Å²) in [6.07, 6.45) is 0.950. The fourth-order valence-corrected chi connectivity index (χ4v) is 2.24. The summed E-state index contributed by atoms with van der Waals surface area (Å²) in [4.78, 5) is 13.1. The van der Waals surface area contributed by atoms with E-state index in [4.69, 9.17) is 0 Å². The molecule has 1 heterocycles. The molecule has 0 bridgehead atoms. The number of urea groups is 1. The van der Waals surface area contributed by atoms with Gasteiger partial charge in [-0.05, 0) is 6.42 Å². The Morgan fingerprint density at radius 2 is 2.08 bits per heavy atom. The third-order valence-corrected chi connectivity index (χ3v) is 3.27. The second-order valence-electron chi connectivity index (χ2n) is 3.07. The van der Waals surface area contributed by atoms with E-state index in [-0.39, 0.29) is 6.03 Å². The largest absolute Gasteiger partial charge is 0.338 e. The molecule has 1 saturated heterocycles. The quantitative estimate of drug-likeness (QED) is 0.697. The number of nitrogens with one attached hydrogen (secondary N) is 1. The summed E-state index contributed by atoms with van der Waals surface area (Å²) in [5, 5.41) is 2.80. The van der Waals surface area contributed by atoms with Gasteiger partial charge >= 0.3 is 6.03 Å². The average Bonchev–Trinajstić information content (AvgIpc) is 2.15. The van der Waals surface area contributed by atoms with Crippen LogP contribution in [0.3, 0.4) is 0 Å². The minimum atomic E-state index is -0.705. The molecule has 13 heavy (non-hydrogen) atoms. The minimum absolute atomic E-state index is 0.0152. The van der Waals surface area contributed by atoms with Crippen LogP contribution in [0.15, 0.2) is 0 Å². The molecule has 4 nitrogen and oxygen atoms in total. The third kappa shape index (κ3) is 3.34. The zero-order valence-electron chi connectivity index (χ0n) is 7.91. The second kappa shape index (κ2) is 5.21. The zero-order chi connectivity index (χ0) is 9.68. The number of nitrogens with zero attached hydrogens (tertiary/aromatic N) is 1. The SMILES string of the molecule is CCCNC(=O)N1CCS(=O)CC1. The molecular formula is C8H16N2O2S. The highest BCUT2D eigenvalue weighted by molar-refractivity contribution is 7.85. The molecule has 1 N–H and O–H groups in total. The van der Waals surface area contributed by atoms with Crippen LogP contribution in [0.2, 0.25) is 0 Å². The van der Waals surface area contributed by atoms with E-state index >= 15 is 0 Å². The first-order valence-corrected chi connectivity index (χ1v) is 6.10. The summed E-state index contributed by atoms with van der Waals surface area (Å²) < 4.78 is 11.0. The Balaban J connectivity index is 2.27. The van der Waals surface area contributed by atoms with Crippen molar-refractivity contribution in [2.24, 2.45) is 0 Å². The first kappa shape index (κ1) is 10.5. The highest BCUT2D eigenvalue weighted by atomic mass is 32.2. The Hall–Kier alpha value is -0.580. The molecule has 0 unspecified atom stereocenters. The molecule has 2 amide bonds. The third-order valence-electron chi connectivity index (χ3n) is 1.99. The van der Waals surface area contributed by atoms with Crippen LogP contribution in [0.4, 0.5) is 4.79 Å². The van der Waals surface area contributed by atoms with Gasteiger partial charge in [0.25, 0.3) is 0 Å². The number of amides is 2. The van der Waals surface area contributed by atoms with Gasteiger partial charge in [0.2, 0.25) is 0 Å². The summed E-state index contributed by atoms with van der Waals surface area (Å²) in [6, 6.07) is -0.0152. The van der Waals surface area contributed by atoms with Crippen molar-refractivity contribution in [3.63, 3.8) is 0 Å². The van der Waals surface area contributed by atoms with Crippen LogP contribution in [-0.4, -0.2) is 46.3 Å². The lowest BCUT2D eigenvalue weighted by molar-refractivity contribution is 0.202. The van der Waals surface area contributed by atoms with Gasteiger partial charge in [0, 0.05) is 41.9 Å². The molecule has 5 heteroatoms. The number of rotatable bonds is 2. The van der Waals surface area contributed by atoms with Gasteiger partial charge in [-0.15, -0.1) is 0 Å². The predicted molar refractivity (Wildman–Crippen MR) is 53.1 cm³/mol. The van der Waals surface area contributed by atoms with Crippen LogP contribution in [0.5, 0.6) is 0 Å². The van der Waals surface area contributed by atoms with Crippen molar-refractivity contribution in [2.75, 3.05) is 31.1 Å². The normalized spacial score (nSPS) is 18.7. The molecule has 0 atom stereocenters. The molecule has 0 aromatic rings. The molecule has 1 aliphatic heterocycles. The Morgan fingerprint density at radius 1 is 1.46 bits per heavy atom. The second-order valence-corrected chi connectivity index (χ2v) is 4.76. The molecule has 1 aliphatic rings. The summed E-state index contributed by atoms with van der Waals surface area (Å²) in [5.41, 5.74) is 0. The van der Waals surface area contributed by atoms with Gasteiger partial charge in [0.05, 0.1) is 0 Å². The molecule has 76 valence electrons. The van der Waals surface area contributed by atoms with Gasteiger partial charge in [-0.1, -0.05) is 6.92 Å². The Kier molecular flexibility index (Phi) is 4.21. The van der Waals surface area contributed by atoms with E-state index in [1.165, 1.54) is 0 Å². The molecule has 0 radical (unpaired) electrons. The van der Waals surface area contributed by atoms with E-state index in [1.54, 1.807) is 4.90 Å². The van der Waals surface area contributed by atoms with Gasteiger partial charge in [0.15, 0.2) is 0 Å². The maximum Gasteiger partial charge on any atom is 0.317 e. The lowest BCUT2D eigenvalue weighted by Gasteiger charge is -2.26. The van der Waals surface area contributed by atoms with Crippen molar-refractivity contribution >= 4 is 16.8 Å². The fraction of sp³-hybridized carbons (Fsp3) is 0.875. The first-order chi connectivity index (χ1) is 6.24. The fourth-order valence-electron chi connectivity index (χ4n) is 1.18. The minimum Gasteiger partial charge on any atom is -0.338 e. The van der Waals surface area contributed by atoms with Crippen molar-refractivity contribution in [2.45, 2.75) is 13.3 Å². The van der Waals surface area contributed by atoms with Crippen LogP contribution in [0.25, 0.3) is 0 Å². The van der Waals surface area contributed by atoms with Crippen LogP contribution in [0.1, 0.15) is 13.3 Å². The molecular weight excluding hydrogens is 188 g/mol. The number of hydrogen-bond donors (Lipinski definition) is 1. The van der Waals surface area contributed by atoms with Crippen molar-refractivity contribution < 1.29 is 9.00 Å². The predicted octanol–water partition coefficient (Wildman–Crippen LogP) is 0.170. The Labute approximate surface area is 81.1 Å². The Bertz CT molecular complexity index is 198. The molecule has 1 rings (SSSR count). The van der Waals surface area contributed by atoms with E-state index in [1.807, 2.05) is 6.92 Å².